The number of hydrazine groups is 1. The van der Waals surface area contributed by atoms with Crippen LogP contribution in [0, 0.1) is 0 Å². The quantitative estimate of drug-likeness (QED) is 0.744. The zero-order chi connectivity index (χ0) is 18.5. The molecule has 1 aliphatic heterocycles. The molecule has 2 aromatic carbocycles. The summed E-state index contributed by atoms with van der Waals surface area (Å²) < 4.78 is 5.47. The van der Waals surface area contributed by atoms with E-state index < -0.39 is 0 Å². The summed E-state index contributed by atoms with van der Waals surface area (Å²) in [6.07, 6.45) is 0.690. The lowest BCUT2D eigenvalue weighted by Crippen LogP contribution is -2.39. The topological polar surface area (TPSA) is 65.6 Å². The molecule has 0 spiro atoms. The average Bonchev–Trinajstić information content (AvgIpc) is 3.13. The lowest BCUT2D eigenvalue weighted by molar-refractivity contribution is -0.117. The molecule has 3 N–H and O–H groups in total. The summed E-state index contributed by atoms with van der Waals surface area (Å²) in [5.74, 6) is 0.821. The van der Waals surface area contributed by atoms with Crippen LogP contribution in [0.1, 0.15) is 24.9 Å². The highest BCUT2D eigenvalue weighted by molar-refractivity contribution is 5.95. The van der Waals surface area contributed by atoms with Gasteiger partial charge in [0.2, 0.25) is 5.91 Å². The number of rotatable bonds is 6. The fourth-order valence-corrected chi connectivity index (χ4v) is 2.98. The maximum Gasteiger partial charge on any atom is 0.242 e. The van der Waals surface area contributed by atoms with E-state index >= 15 is 0 Å². The van der Waals surface area contributed by atoms with Gasteiger partial charge < -0.3 is 15.0 Å². The van der Waals surface area contributed by atoms with Gasteiger partial charge in [-0.05, 0) is 55.3 Å². The van der Waals surface area contributed by atoms with Gasteiger partial charge in [0.15, 0.2) is 0 Å². The second-order valence-corrected chi connectivity index (χ2v) is 6.56. The van der Waals surface area contributed by atoms with Gasteiger partial charge in [0, 0.05) is 31.5 Å². The molecule has 6 nitrogen and oxygen atoms in total. The highest BCUT2D eigenvalue weighted by Crippen LogP contribution is 2.25. The van der Waals surface area contributed by atoms with E-state index in [1.165, 1.54) is 0 Å². The molecule has 1 aliphatic rings. The number of hydrogen-bond acceptors (Lipinski definition) is 5. The molecule has 1 saturated heterocycles. The number of carbonyl (C=O) groups excluding carboxylic acids is 1. The van der Waals surface area contributed by atoms with E-state index in [1.54, 1.807) is 0 Å². The normalized spacial score (nSPS) is 19.2. The van der Waals surface area contributed by atoms with Crippen LogP contribution in [0.2, 0.25) is 0 Å². The Labute approximate surface area is 154 Å². The number of benzene rings is 2. The molecule has 26 heavy (non-hydrogen) atoms. The number of nitrogens with zero attached hydrogens (tertiary/aromatic N) is 1. The highest BCUT2D eigenvalue weighted by atomic mass is 16.5. The van der Waals surface area contributed by atoms with E-state index in [0.717, 1.165) is 22.7 Å². The molecule has 0 radical (unpaired) electrons. The van der Waals surface area contributed by atoms with E-state index in [1.807, 2.05) is 74.4 Å². The second-order valence-electron chi connectivity index (χ2n) is 6.56. The van der Waals surface area contributed by atoms with E-state index in [0.29, 0.717) is 13.0 Å². The second kappa shape index (κ2) is 8.21. The van der Waals surface area contributed by atoms with E-state index in [2.05, 4.69) is 16.2 Å². The molecule has 1 heterocycles. The summed E-state index contributed by atoms with van der Waals surface area (Å²) in [5.41, 5.74) is 9.33. The first-order chi connectivity index (χ1) is 12.6. The molecule has 2 atom stereocenters. The SMILES string of the molecule is CCOc1ccc(C2CC(C(=O)Nc3ccc(N(C)C)cc3)NN2)cc1. The van der Waals surface area contributed by atoms with Gasteiger partial charge in [-0.15, -0.1) is 0 Å². The zero-order valence-electron chi connectivity index (χ0n) is 15.5. The number of anilines is 2. The molecule has 0 aliphatic carbocycles. The molecular weight excluding hydrogens is 328 g/mol. The van der Waals surface area contributed by atoms with Crippen LogP contribution in [0.4, 0.5) is 11.4 Å². The summed E-state index contributed by atoms with van der Waals surface area (Å²) in [6.45, 7) is 2.62. The van der Waals surface area contributed by atoms with Gasteiger partial charge in [-0.25, -0.2) is 10.9 Å². The largest absolute Gasteiger partial charge is 0.494 e. The molecule has 1 amide bonds. The highest BCUT2D eigenvalue weighted by Gasteiger charge is 2.30. The van der Waals surface area contributed by atoms with Crippen molar-refractivity contribution >= 4 is 17.3 Å². The molecule has 1 fully saturated rings. The number of ether oxygens (including phenoxy) is 1. The Bertz CT molecular complexity index is 728. The Morgan fingerprint density at radius 2 is 1.81 bits per heavy atom. The van der Waals surface area contributed by atoms with Crippen LogP contribution in [0.15, 0.2) is 48.5 Å². The molecule has 138 valence electrons. The van der Waals surface area contributed by atoms with E-state index in [4.69, 9.17) is 4.74 Å². The summed E-state index contributed by atoms with van der Waals surface area (Å²) in [7, 11) is 3.98. The lowest BCUT2D eigenvalue weighted by atomic mass is 10.0. The third-order valence-electron chi connectivity index (χ3n) is 4.46. The summed E-state index contributed by atoms with van der Waals surface area (Å²) in [6, 6.07) is 15.6. The van der Waals surface area contributed by atoms with Crippen molar-refractivity contribution in [3.05, 3.63) is 54.1 Å². The van der Waals surface area contributed by atoms with Crippen LogP contribution in [0.3, 0.4) is 0 Å². The molecule has 0 bridgehead atoms. The van der Waals surface area contributed by atoms with E-state index in [9.17, 15) is 4.79 Å². The van der Waals surface area contributed by atoms with Crippen LogP contribution in [0.5, 0.6) is 5.75 Å². The van der Waals surface area contributed by atoms with Gasteiger partial charge in [0.25, 0.3) is 0 Å². The predicted octanol–water partition coefficient (Wildman–Crippen LogP) is 2.70. The van der Waals surface area contributed by atoms with Crippen molar-refractivity contribution in [2.45, 2.75) is 25.4 Å². The third kappa shape index (κ3) is 4.33. The molecule has 6 heteroatoms. The fourth-order valence-electron chi connectivity index (χ4n) is 2.98. The molecule has 2 aromatic rings. The molecule has 2 unspecified atom stereocenters. The Kier molecular flexibility index (Phi) is 5.75. The summed E-state index contributed by atoms with van der Waals surface area (Å²) >= 11 is 0. The summed E-state index contributed by atoms with van der Waals surface area (Å²) in [5, 5.41) is 2.97. The Morgan fingerprint density at radius 3 is 2.42 bits per heavy atom. The predicted molar refractivity (Wildman–Crippen MR) is 104 cm³/mol. The van der Waals surface area contributed by atoms with Crippen LogP contribution >= 0.6 is 0 Å². The average molecular weight is 354 g/mol. The molecule has 3 rings (SSSR count). The minimum absolute atomic E-state index is 0.0384. The number of carbonyl (C=O) groups is 1. The van der Waals surface area contributed by atoms with Gasteiger partial charge in [-0.1, -0.05) is 12.1 Å². The van der Waals surface area contributed by atoms with Crippen LogP contribution in [0.25, 0.3) is 0 Å². The minimum Gasteiger partial charge on any atom is -0.494 e. The van der Waals surface area contributed by atoms with Crippen molar-refractivity contribution in [3.8, 4) is 5.75 Å². The monoisotopic (exact) mass is 354 g/mol. The van der Waals surface area contributed by atoms with Gasteiger partial charge in [0.05, 0.1) is 6.61 Å². The lowest BCUT2D eigenvalue weighted by Gasteiger charge is -2.14. The smallest absolute Gasteiger partial charge is 0.242 e. The maximum absolute atomic E-state index is 12.5. The summed E-state index contributed by atoms with van der Waals surface area (Å²) in [4.78, 5) is 14.5. The maximum atomic E-state index is 12.5. The van der Waals surface area contributed by atoms with E-state index in [-0.39, 0.29) is 18.0 Å². The molecule has 0 saturated carbocycles. The Balaban J connectivity index is 1.56. The Morgan fingerprint density at radius 1 is 1.12 bits per heavy atom. The first-order valence-electron chi connectivity index (χ1n) is 8.89. The zero-order valence-corrected chi connectivity index (χ0v) is 15.5. The van der Waals surface area contributed by atoms with Crippen molar-refractivity contribution in [2.75, 3.05) is 30.9 Å². The van der Waals surface area contributed by atoms with Crippen LogP contribution in [-0.4, -0.2) is 32.7 Å². The Hall–Kier alpha value is -2.57. The number of hydrogen-bond donors (Lipinski definition) is 3. The minimum atomic E-state index is -0.278. The van der Waals surface area contributed by atoms with Crippen molar-refractivity contribution in [2.24, 2.45) is 0 Å². The van der Waals surface area contributed by atoms with Crippen molar-refractivity contribution in [3.63, 3.8) is 0 Å². The number of amides is 1. The van der Waals surface area contributed by atoms with Crippen LogP contribution < -0.4 is 25.8 Å². The standard InChI is InChI=1S/C20H26N4O2/c1-4-26-17-11-5-14(6-12-17)18-13-19(23-22-18)20(25)21-15-7-9-16(10-8-15)24(2)3/h5-12,18-19,22-23H,4,13H2,1-3H3,(H,21,25). The number of nitrogens with one attached hydrogen (secondary N) is 3. The van der Waals surface area contributed by atoms with Crippen molar-refractivity contribution in [1.82, 2.24) is 10.9 Å². The first kappa shape index (κ1) is 18.2. The molecular formula is C20H26N4O2. The van der Waals surface area contributed by atoms with Gasteiger partial charge in [0.1, 0.15) is 11.8 Å². The van der Waals surface area contributed by atoms with Crippen LogP contribution in [-0.2, 0) is 4.79 Å². The van der Waals surface area contributed by atoms with Gasteiger partial charge >= 0.3 is 0 Å². The van der Waals surface area contributed by atoms with Crippen molar-refractivity contribution in [1.29, 1.82) is 0 Å². The van der Waals surface area contributed by atoms with Gasteiger partial charge in [-0.2, -0.15) is 0 Å². The fraction of sp³-hybridized carbons (Fsp3) is 0.350. The third-order valence-corrected chi connectivity index (χ3v) is 4.46. The first-order valence-corrected chi connectivity index (χ1v) is 8.89. The van der Waals surface area contributed by atoms with Crippen molar-refractivity contribution < 1.29 is 9.53 Å². The van der Waals surface area contributed by atoms with Gasteiger partial charge in [-0.3, -0.25) is 4.79 Å². The molecule has 0 aromatic heterocycles.